The van der Waals surface area contributed by atoms with Crippen LogP contribution in [0.4, 0.5) is 0 Å². The van der Waals surface area contributed by atoms with E-state index < -0.39 is 13.4 Å². The number of aliphatic hydroxyl groups is 1. The Morgan fingerprint density at radius 2 is 1.79 bits per heavy atom. The molecule has 0 unspecified atom stereocenters. The van der Waals surface area contributed by atoms with Gasteiger partial charge in [-0.15, -0.1) is 0 Å². The van der Waals surface area contributed by atoms with Gasteiger partial charge in [-0.2, -0.15) is 0 Å². The van der Waals surface area contributed by atoms with Crippen LogP contribution >= 0.6 is 7.60 Å². The molecule has 5 heteroatoms. The van der Waals surface area contributed by atoms with Crippen molar-refractivity contribution < 1.29 is 18.7 Å². The first-order valence-corrected chi connectivity index (χ1v) is 6.29. The van der Waals surface area contributed by atoms with Crippen molar-refractivity contribution in [3.05, 3.63) is 11.6 Å². The first-order valence-electron chi connectivity index (χ1n) is 4.68. The van der Waals surface area contributed by atoms with E-state index in [4.69, 9.17) is 9.05 Å². The average Bonchev–Trinajstić information content (AvgIpc) is 2.03. The largest absolute Gasteiger partial charge is 0.377 e. The second-order valence-corrected chi connectivity index (χ2v) is 5.16. The van der Waals surface area contributed by atoms with E-state index in [2.05, 4.69) is 0 Å². The standard InChI is InChI=1S/C9H19O4P/c1-5-12-14(11,13-6-2)9(10)7-8(3)4/h7,9-10H,5-6H2,1-4H3/t9-/m1/s1. The summed E-state index contributed by atoms with van der Waals surface area (Å²) in [5.74, 6) is -1.17. The highest BCUT2D eigenvalue weighted by Crippen LogP contribution is 2.52. The number of hydrogen-bond acceptors (Lipinski definition) is 4. The highest BCUT2D eigenvalue weighted by atomic mass is 31.2. The van der Waals surface area contributed by atoms with Crippen molar-refractivity contribution in [3.8, 4) is 0 Å². The molecule has 0 rings (SSSR count). The fourth-order valence-electron chi connectivity index (χ4n) is 0.939. The average molecular weight is 222 g/mol. The van der Waals surface area contributed by atoms with Gasteiger partial charge in [0.1, 0.15) is 0 Å². The molecule has 0 heterocycles. The Hall–Kier alpha value is -0.150. The molecule has 0 aromatic rings. The van der Waals surface area contributed by atoms with Crippen LogP contribution in [0.15, 0.2) is 11.6 Å². The first-order chi connectivity index (χ1) is 6.46. The van der Waals surface area contributed by atoms with Crippen LogP contribution in [-0.2, 0) is 13.6 Å². The molecule has 0 radical (unpaired) electrons. The van der Waals surface area contributed by atoms with Crippen molar-refractivity contribution in [1.29, 1.82) is 0 Å². The highest BCUT2D eigenvalue weighted by molar-refractivity contribution is 7.54. The molecule has 0 aliphatic carbocycles. The van der Waals surface area contributed by atoms with Crippen molar-refractivity contribution in [1.82, 2.24) is 0 Å². The second-order valence-electron chi connectivity index (χ2n) is 3.03. The molecule has 0 aliphatic heterocycles. The molecule has 1 N–H and O–H groups in total. The van der Waals surface area contributed by atoms with Gasteiger partial charge < -0.3 is 14.2 Å². The summed E-state index contributed by atoms with van der Waals surface area (Å²) in [6.45, 7) is 7.55. The lowest BCUT2D eigenvalue weighted by Crippen LogP contribution is -2.10. The maximum absolute atomic E-state index is 11.9. The zero-order valence-corrected chi connectivity index (χ0v) is 10.1. The molecule has 0 aromatic carbocycles. The number of aliphatic hydroxyl groups excluding tert-OH is 1. The van der Waals surface area contributed by atoms with Crippen molar-refractivity contribution in [3.63, 3.8) is 0 Å². The minimum absolute atomic E-state index is 0.255. The highest BCUT2D eigenvalue weighted by Gasteiger charge is 2.32. The molecule has 0 amide bonds. The predicted molar refractivity (Wildman–Crippen MR) is 56.3 cm³/mol. The van der Waals surface area contributed by atoms with Crippen LogP contribution in [0.1, 0.15) is 27.7 Å². The van der Waals surface area contributed by atoms with Crippen LogP contribution in [0.3, 0.4) is 0 Å². The fourth-order valence-corrected chi connectivity index (χ4v) is 2.52. The third-order valence-electron chi connectivity index (χ3n) is 1.42. The molecule has 14 heavy (non-hydrogen) atoms. The molecular weight excluding hydrogens is 203 g/mol. The van der Waals surface area contributed by atoms with Gasteiger partial charge in [0, 0.05) is 0 Å². The molecule has 0 aromatic heterocycles. The Balaban J connectivity index is 4.63. The first kappa shape index (κ1) is 13.8. The third kappa shape index (κ3) is 4.38. The fraction of sp³-hybridized carbons (Fsp3) is 0.778. The molecule has 0 saturated heterocycles. The van der Waals surface area contributed by atoms with E-state index >= 15 is 0 Å². The minimum atomic E-state index is -3.39. The molecule has 0 saturated carbocycles. The number of allylic oxidation sites excluding steroid dienone is 1. The van der Waals surface area contributed by atoms with Gasteiger partial charge in [-0.25, -0.2) is 0 Å². The molecular formula is C9H19O4P. The van der Waals surface area contributed by atoms with Crippen molar-refractivity contribution in [2.75, 3.05) is 13.2 Å². The van der Waals surface area contributed by atoms with Gasteiger partial charge in [-0.1, -0.05) is 5.57 Å². The van der Waals surface area contributed by atoms with E-state index in [1.54, 1.807) is 13.8 Å². The smallest absolute Gasteiger partial charge is 0.362 e. The topological polar surface area (TPSA) is 55.8 Å². The van der Waals surface area contributed by atoms with Gasteiger partial charge in [0.15, 0.2) is 5.85 Å². The van der Waals surface area contributed by atoms with Gasteiger partial charge in [0.2, 0.25) is 0 Å². The summed E-state index contributed by atoms with van der Waals surface area (Å²) in [4.78, 5) is 0. The summed E-state index contributed by atoms with van der Waals surface area (Å²) in [5.41, 5.74) is 0.872. The van der Waals surface area contributed by atoms with Crippen LogP contribution < -0.4 is 0 Å². The third-order valence-corrected chi connectivity index (χ3v) is 3.46. The van der Waals surface area contributed by atoms with Crippen LogP contribution in [0.2, 0.25) is 0 Å². The Labute approximate surface area is 85.5 Å². The van der Waals surface area contributed by atoms with Gasteiger partial charge in [-0.05, 0) is 33.8 Å². The molecule has 0 spiro atoms. The Morgan fingerprint density at radius 3 is 2.07 bits per heavy atom. The minimum Gasteiger partial charge on any atom is -0.377 e. The number of rotatable bonds is 6. The Morgan fingerprint density at radius 1 is 1.36 bits per heavy atom. The summed E-state index contributed by atoms with van der Waals surface area (Å²) < 4.78 is 21.9. The number of hydrogen-bond donors (Lipinski definition) is 1. The molecule has 4 nitrogen and oxygen atoms in total. The lowest BCUT2D eigenvalue weighted by molar-refractivity contribution is 0.168. The lowest BCUT2D eigenvalue weighted by Gasteiger charge is -2.20. The summed E-state index contributed by atoms with van der Waals surface area (Å²) in [7, 11) is -3.39. The SMILES string of the molecule is CCOP(=O)(OCC)[C@@H](O)C=C(C)C. The van der Waals surface area contributed by atoms with E-state index in [1.165, 1.54) is 6.08 Å². The molecule has 84 valence electrons. The van der Waals surface area contributed by atoms with Gasteiger partial charge in [0.05, 0.1) is 13.2 Å². The molecule has 1 atom stereocenters. The summed E-state index contributed by atoms with van der Waals surface area (Å²) >= 11 is 0. The van der Waals surface area contributed by atoms with Crippen molar-refractivity contribution >= 4 is 7.60 Å². The van der Waals surface area contributed by atoms with Crippen LogP contribution in [0, 0.1) is 0 Å². The lowest BCUT2D eigenvalue weighted by atomic mass is 10.3. The predicted octanol–water partition coefficient (Wildman–Crippen LogP) is 2.54. The second kappa shape index (κ2) is 6.36. The van der Waals surface area contributed by atoms with Crippen molar-refractivity contribution in [2.24, 2.45) is 0 Å². The normalized spacial score (nSPS) is 13.8. The van der Waals surface area contributed by atoms with Crippen LogP contribution in [0.25, 0.3) is 0 Å². The van der Waals surface area contributed by atoms with E-state index in [1.807, 2.05) is 13.8 Å². The maximum atomic E-state index is 11.9. The van der Waals surface area contributed by atoms with Crippen LogP contribution in [-0.4, -0.2) is 24.2 Å². The monoisotopic (exact) mass is 222 g/mol. The molecule has 0 bridgehead atoms. The summed E-state index contributed by atoms with van der Waals surface area (Å²) in [5, 5.41) is 9.61. The van der Waals surface area contributed by atoms with E-state index in [0.717, 1.165) is 5.57 Å². The Bertz CT molecular complexity index is 223. The Kier molecular flexibility index (Phi) is 6.29. The van der Waals surface area contributed by atoms with Gasteiger partial charge >= 0.3 is 7.60 Å². The van der Waals surface area contributed by atoms with Gasteiger partial charge in [0.25, 0.3) is 0 Å². The summed E-state index contributed by atoms with van der Waals surface area (Å²) in [6.07, 6.45) is 1.48. The molecule has 0 fully saturated rings. The van der Waals surface area contributed by atoms with E-state index in [0.29, 0.717) is 0 Å². The quantitative estimate of drug-likeness (QED) is 0.554. The van der Waals surface area contributed by atoms with E-state index in [-0.39, 0.29) is 13.2 Å². The maximum Gasteiger partial charge on any atom is 0.362 e. The molecule has 0 aliphatic rings. The van der Waals surface area contributed by atoms with Gasteiger partial charge in [-0.3, -0.25) is 4.57 Å². The zero-order valence-electron chi connectivity index (χ0n) is 9.19. The van der Waals surface area contributed by atoms with Crippen molar-refractivity contribution in [2.45, 2.75) is 33.5 Å². The van der Waals surface area contributed by atoms with E-state index in [9.17, 15) is 9.67 Å². The zero-order chi connectivity index (χ0) is 11.2. The summed E-state index contributed by atoms with van der Waals surface area (Å²) in [6, 6.07) is 0. The van der Waals surface area contributed by atoms with Crippen LogP contribution in [0.5, 0.6) is 0 Å².